The number of Topliss-reactive ketones (excluding diaryl/α,β-unsaturated/α-hetero) is 1. The molecule has 0 unspecified atom stereocenters. The number of anilines is 1. The highest BCUT2D eigenvalue weighted by Crippen LogP contribution is 2.17. The SMILES string of the molecule is CNc1ccccc1C(=O)C[C@H](NC(C)=O)C(=O)OC. The summed E-state index contributed by atoms with van der Waals surface area (Å²) in [6.45, 7) is 1.28. The number of ether oxygens (including phenoxy) is 1. The van der Waals surface area contributed by atoms with Gasteiger partial charge in [0.25, 0.3) is 0 Å². The van der Waals surface area contributed by atoms with Gasteiger partial charge >= 0.3 is 5.97 Å². The maximum Gasteiger partial charge on any atom is 0.328 e. The van der Waals surface area contributed by atoms with E-state index in [4.69, 9.17) is 0 Å². The molecule has 0 aliphatic heterocycles. The van der Waals surface area contributed by atoms with Crippen molar-refractivity contribution in [3.05, 3.63) is 29.8 Å². The van der Waals surface area contributed by atoms with E-state index in [0.29, 0.717) is 11.3 Å². The molecule has 1 atom stereocenters. The number of ketones is 1. The number of methoxy groups -OCH3 is 1. The van der Waals surface area contributed by atoms with Crippen molar-refractivity contribution in [2.45, 2.75) is 19.4 Å². The summed E-state index contributed by atoms with van der Waals surface area (Å²) in [5, 5.41) is 5.32. The highest BCUT2D eigenvalue weighted by Gasteiger charge is 2.24. The summed E-state index contributed by atoms with van der Waals surface area (Å²) in [5.41, 5.74) is 1.14. The molecule has 1 rings (SSSR count). The molecule has 0 spiro atoms. The molecule has 1 aromatic rings. The molecule has 6 nitrogen and oxygen atoms in total. The average molecular weight is 278 g/mol. The fourth-order valence-electron chi connectivity index (χ4n) is 1.82. The fraction of sp³-hybridized carbons (Fsp3) is 0.357. The summed E-state index contributed by atoms with van der Waals surface area (Å²) in [7, 11) is 2.92. The van der Waals surface area contributed by atoms with Crippen LogP contribution < -0.4 is 10.6 Å². The normalized spacial score (nSPS) is 11.3. The predicted molar refractivity (Wildman–Crippen MR) is 74.6 cm³/mol. The van der Waals surface area contributed by atoms with Crippen LogP contribution in [0.5, 0.6) is 0 Å². The molecule has 20 heavy (non-hydrogen) atoms. The molecule has 0 heterocycles. The van der Waals surface area contributed by atoms with Gasteiger partial charge in [0, 0.05) is 31.6 Å². The predicted octanol–water partition coefficient (Wildman–Crippen LogP) is 0.979. The number of benzene rings is 1. The standard InChI is InChI=1S/C14H18N2O4/c1-9(17)16-12(14(19)20-3)8-13(18)10-6-4-5-7-11(10)15-2/h4-7,12,15H,8H2,1-3H3,(H,16,17)/t12-/m0/s1. The van der Waals surface area contributed by atoms with Crippen LogP contribution in [0.2, 0.25) is 0 Å². The van der Waals surface area contributed by atoms with Gasteiger partial charge < -0.3 is 15.4 Å². The van der Waals surface area contributed by atoms with Crippen molar-refractivity contribution < 1.29 is 19.1 Å². The minimum atomic E-state index is -0.977. The Kier molecular flexibility index (Phi) is 5.71. The van der Waals surface area contributed by atoms with Gasteiger partial charge in [0.2, 0.25) is 5.91 Å². The van der Waals surface area contributed by atoms with Crippen LogP contribution in [-0.2, 0) is 14.3 Å². The molecule has 2 N–H and O–H groups in total. The molecule has 1 amide bonds. The molecule has 0 saturated heterocycles. The Balaban J connectivity index is 2.90. The Hall–Kier alpha value is -2.37. The molecule has 0 aliphatic rings. The number of rotatable bonds is 6. The van der Waals surface area contributed by atoms with Crippen molar-refractivity contribution in [3.8, 4) is 0 Å². The zero-order chi connectivity index (χ0) is 15.1. The van der Waals surface area contributed by atoms with Crippen molar-refractivity contribution in [1.29, 1.82) is 0 Å². The van der Waals surface area contributed by atoms with Gasteiger partial charge in [-0.05, 0) is 12.1 Å². The number of nitrogens with one attached hydrogen (secondary N) is 2. The number of amides is 1. The number of esters is 1. The maximum atomic E-state index is 12.2. The second kappa shape index (κ2) is 7.28. The van der Waals surface area contributed by atoms with Crippen molar-refractivity contribution in [1.82, 2.24) is 5.32 Å². The first-order valence-corrected chi connectivity index (χ1v) is 6.14. The number of hydrogen-bond acceptors (Lipinski definition) is 5. The number of carbonyl (C=O) groups excluding carboxylic acids is 3. The van der Waals surface area contributed by atoms with Crippen molar-refractivity contribution in [2.75, 3.05) is 19.5 Å². The van der Waals surface area contributed by atoms with E-state index in [2.05, 4.69) is 15.4 Å². The van der Waals surface area contributed by atoms with Crippen LogP contribution >= 0.6 is 0 Å². The van der Waals surface area contributed by atoms with E-state index in [0.717, 1.165) is 0 Å². The van der Waals surface area contributed by atoms with Gasteiger partial charge in [0.1, 0.15) is 6.04 Å². The van der Waals surface area contributed by atoms with E-state index in [1.807, 2.05) is 0 Å². The second-order valence-corrected chi connectivity index (χ2v) is 4.20. The number of carbonyl (C=O) groups is 3. The lowest BCUT2D eigenvalue weighted by molar-refractivity contribution is -0.144. The lowest BCUT2D eigenvalue weighted by Crippen LogP contribution is -2.41. The highest BCUT2D eigenvalue weighted by atomic mass is 16.5. The Bertz CT molecular complexity index is 514. The molecular weight excluding hydrogens is 260 g/mol. The van der Waals surface area contributed by atoms with E-state index < -0.39 is 17.9 Å². The molecule has 0 aliphatic carbocycles. The quantitative estimate of drug-likeness (QED) is 0.598. The zero-order valence-electron chi connectivity index (χ0n) is 11.7. The van der Waals surface area contributed by atoms with E-state index >= 15 is 0 Å². The Morgan fingerprint density at radius 1 is 1.25 bits per heavy atom. The topological polar surface area (TPSA) is 84.5 Å². The second-order valence-electron chi connectivity index (χ2n) is 4.20. The summed E-state index contributed by atoms with van der Waals surface area (Å²) >= 11 is 0. The Morgan fingerprint density at radius 3 is 2.45 bits per heavy atom. The minimum absolute atomic E-state index is 0.148. The van der Waals surface area contributed by atoms with Crippen molar-refractivity contribution in [3.63, 3.8) is 0 Å². The van der Waals surface area contributed by atoms with E-state index in [1.54, 1.807) is 31.3 Å². The van der Waals surface area contributed by atoms with Gasteiger partial charge in [-0.3, -0.25) is 9.59 Å². The third-order valence-electron chi connectivity index (χ3n) is 2.75. The van der Waals surface area contributed by atoms with E-state index in [9.17, 15) is 14.4 Å². The molecule has 108 valence electrons. The first-order valence-electron chi connectivity index (χ1n) is 6.14. The summed E-state index contributed by atoms with van der Waals surface area (Å²) in [4.78, 5) is 34.9. The van der Waals surface area contributed by atoms with Gasteiger partial charge in [0.15, 0.2) is 5.78 Å². The van der Waals surface area contributed by atoms with Crippen LogP contribution in [0.15, 0.2) is 24.3 Å². The van der Waals surface area contributed by atoms with Crippen LogP contribution in [0.3, 0.4) is 0 Å². The van der Waals surface area contributed by atoms with Crippen LogP contribution in [0.25, 0.3) is 0 Å². The monoisotopic (exact) mass is 278 g/mol. The smallest absolute Gasteiger partial charge is 0.328 e. The summed E-state index contributed by atoms with van der Waals surface area (Å²) < 4.78 is 4.59. The highest BCUT2D eigenvalue weighted by molar-refractivity contribution is 6.03. The van der Waals surface area contributed by atoms with E-state index in [1.165, 1.54) is 14.0 Å². The number of para-hydroxylation sites is 1. The molecule has 0 fully saturated rings. The molecule has 0 bridgehead atoms. The number of hydrogen-bond donors (Lipinski definition) is 2. The molecule has 1 aromatic carbocycles. The first kappa shape index (κ1) is 15.7. The molecule has 6 heteroatoms. The Morgan fingerprint density at radius 2 is 1.90 bits per heavy atom. The average Bonchev–Trinajstić information content (AvgIpc) is 2.45. The van der Waals surface area contributed by atoms with Gasteiger partial charge in [-0.1, -0.05) is 12.1 Å². The van der Waals surface area contributed by atoms with Crippen LogP contribution in [0, 0.1) is 0 Å². The maximum absolute atomic E-state index is 12.2. The summed E-state index contributed by atoms with van der Waals surface area (Å²) in [6, 6.07) is 5.98. The van der Waals surface area contributed by atoms with Gasteiger partial charge in [-0.25, -0.2) is 4.79 Å². The fourth-order valence-corrected chi connectivity index (χ4v) is 1.82. The molecule has 0 aromatic heterocycles. The zero-order valence-corrected chi connectivity index (χ0v) is 11.7. The first-order chi connectivity index (χ1) is 9.49. The van der Waals surface area contributed by atoms with Crippen LogP contribution in [0.4, 0.5) is 5.69 Å². The van der Waals surface area contributed by atoms with Crippen molar-refractivity contribution >= 4 is 23.3 Å². The molecular formula is C14H18N2O4. The van der Waals surface area contributed by atoms with E-state index in [-0.39, 0.29) is 12.2 Å². The van der Waals surface area contributed by atoms with Crippen LogP contribution in [0.1, 0.15) is 23.7 Å². The Labute approximate surface area is 117 Å². The van der Waals surface area contributed by atoms with Gasteiger partial charge in [0.05, 0.1) is 7.11 Å². The van der Waals surface area contributed by atoms with Gasteiger partial charge in [-0.2, -0.15) is 0 Å². The summed E-state index contributed by atoms with van der Waals surface area (Å²) in [5.74, 6) is -1.29. The summed E-state index contributed by atoms with van der Waals surface area (Å²) in [6.07, 6.45) is -0.148. The minimum Gasteiger partial charge on any atom is -0.467 e. The molecule has 0 saturated carbocycles. The largest absolute Gasteiger partial charge is 0.467 e. The lowest BCUT2D eigenvalue weighted by Gasteiger charge is -2.15. The van der Waals surface area contributed by atoms with Gasteiger partial charge in [-0.15, -0.1) is 0 Å². The third-order valence-corrected chi connectivity index (χ3v) is 2.75. The molecule has 0 radical (unpaired) electrons. The van der Waals surface area contributed by atoms with Crippen LogP contribution in [-0.4, -0.2) is 37.9 Å². The lowest BCUT2D eigenvalue weighted by atomic mass is 10.0. The van der Waals surface area contributed by atoms with Crippen molar-refractivity contribution in [2.24, 2.45) is 0 Å². The third kappa shape index (κ3) is 4.08.